The first-order chi connectivity index (χ1) is 11.0. The van der Waals surface area contributed by atoms with E-state index < -0.39 is 4.92 Å². The standard InChI is InChI=1S/C16H12ClN3O2S/c1-10-14-8-11(17)2-7-15(14)23-16(10)9-18-19-12-3-5-13(6-4-12)20(21)22/h2-9,19H,1H3/b18-9-. The minimum Gasteiger partial charge on any atom is -0.278 e. The summed E-state index contributed by atoms with van der Waals surface area (Å²) in [6.45, 7) is 2.03. The zero-order valence-electron chi connectivity index (χ0n) is 12.1. The zero-order valence-corrected chi connectivity index (χ0v) is 13.7. The van der Waals surface area contributed by atoms with Crippen LogP contribution >= 0.6 is 22.9 Å². The number of fused-ring (bicyclic) bond motifs is 1. The first-order valence-corrected chi connectivity index (χ1v) is 7.96. The van der Waals surface area contributed by atoms with Crippen LogP contribution in [0.3, 0.4) is 0 Å². The monoisotopic (exact) mass is 345 g/mol. The Balaban J connectivity index is 1.77. The Morgan fingerprint density at radius 3 is 2.70 bits per heavy atom. The minimum absolute atomic E-state index is 0.0526. The highest BCUT2D eigenvalue weighted by molar-refractivity contribution is 7.20. The van der Waals surface area contributed by atoms with E-state index in [1.165, 1.54) is 12.1 Å². The summed E-state index contributed by atoms with van der Waals surface area (Å²) in [6.07, 6.45) is 1.75. The zero-order chi connectivity index (χ0) is 16.4. The molecule has 0 unspecified atom stereocenters. The normalized spacial score (nSPS) is 11.2. The van der Waals surface area contributed by atoms with Gasteiger partial charge in [-0.3, -0.25) is 15.5 Å². The van der Waals surface area contributed by atoms with Crippen LogP contribution in [0.5, 0.6) is 0 Å². The maximum absolute atomic E-state index is 10.6. The lowest BCUT2D eigenvalue weighted by Crippen LogP contribution is -1.91. The highest BCUT2D eigenvalue weighted by Gasteiger charge is 2.07. The summed E-state index contributed by atoms with van der Waals surface area (Å²) in [5, 5.41) is 16.6. The van der Waals surface area contributed by atoms with E-state index in [1.54, 1.807) is 29.7 Å². The molecule has 3 aromatic rings. The Bertz CT molecular complexity index is 904. The van der Waals surface area contributed by atoms with E-state index in [0.29, 0.717) is 10.7 Å². The second kappa shape index (κ2) is 6.36. The molecule has 0 saturated heterocycles. The maximum atomic E-state index is 10.6. The van der Waals surface area contributed by atoms with Crippen molar-refractivity contribution >= 4 is 50.6 Å². The van der Waals surface area contributed by atoms with Gasteiger partial charge in [-0.2, -0.15) is 5.10 Å². The lowest BCUT2D eigenvalue weighted by Gasteiger charge is -1.99. The number of hydrogen-bond acceptors (Lipinski definition) is 5. The molecule has 0 fully saturated rings. The van der Waals surface area contributed by atoms with E-state index in [9.17, 15) is 10.1 Å². The minimum atomic E-state index is -0.432. The summed E-state index contributed by atoms with van der Waals surface area (Å²) >= 11 is 7.67. The van der Waals surface area contributed by atoms with E-state index in [0.717, 1.165) is 20.5 Å². The third kappa shape index (κ3) is 3.33. The van der Waals surface area contributed by atoms with Crippen molar-refractivity contribution in [1.29, 1.82) is 0 Å². The number of hydrogen-bond donors (Lipinski definition) is 1. The number of halogens is 1. The van der Waals surface area contributed by atoms with Gasteiger partial charge in [-0.1, -0.05) is 11.6 Å². The number of non-ortho nitro benzene ring substituents is 1. The number of benzene rings is 2. The summed E-state index contributed by atoms with van der Waals surface area (Å²) < 4.78 is 1.16. The summed E-state index contributed by atoms with van der Waals surface area (Å²) in [5.41, 5.74) is 4.74. The third-order valence-corrected chi connectivity index (χ3v) is 4.83. The smallest absolute Gasteiger partial charge is 0.269 e. The van der Waals surface area contributed by atoms with Gasteiger partial charge < -0.3 is 0 Å². The molecular formula is C16H12ClN3O2S. The van der Waals surface area contributed by atoms with Crippen LogP contribution in [0.25, 0.3) is 10.1 Å². The molecular weight excluding hydrogens is 334 g/mol. The van der Waals surface area contributed by atoms with Crippen LogP contribution < -0.4 is 5.43 Å². The number of nitrogens with one attached hydrogen (secondary N) is 1. The predicted octanol–water partition coefficient (Wildman–Crippen LogP) is 5.22. The molecule has 0 saturated carbocycles. The van der Waals surface area contributed by atoms with Gasteiger partial charge >= 0.3 is 0 Å². The number of aryl methyl sites for hydroxylation is 1. The van der Waals surface area contributed by atoms with Gasteiger partial charge in [0.25, 0.3) is 5.69 Å². The first kappa shape index (κ1) is 15.5. The molecule has 0 aliphatic rings. The number of nitrogens with zero attached hydrogens (tertiary/aromatic N) is 2. The van der Waals surface area contributed by atoms with Crippen molar-refractivity contribution in [2.75, 3.05) is 5.43 Å². The van der Waals surface area contributed by atoms with Gasteiger partial charge in [0.1, 0.15) is 0 Å². The van der Waals surface area contributed by atoms with E-state index in [-0.39, 0.29) is 5.69 Å². The molecule has 0 amide bonds. The first-order valence-electron chi connectivity index (χ1n) is 6.77. The number of rotatable bonds is 4. The van der Waals surface area contributed by atoms with Crippen LogP contribution in [-0.2, 0) is 0 Å². The van der Waals surface area contributed by atoms with Crippen molar-refractivity contribution in [2.24, 2.45) is 5.10 Å². The number of hydrazone groups is 1. The van der Waals surface area contributed by atoms with Crippen LogP contribution in [0, 0.1) is 17.0 Å². The van der Waals surface area contributed by atoms with Gasteiger partial charge in [0.2, 0.25) is 0 Å². The molecule has 0 atom stereocenters. The van der Waals surface area contributed by atoms with Crippen LogP contribution in [-0.4, -0.2) is 11.1 Å². The molecule has 1 aromatic heterocycles. The summed E-state index contributed by atoms with van der Waals surface area (Å²) in [6, 6.07) is 11.9. The highest BCUT2D eigenvalue weighted by atomic mass is 35.5. The Labute approximate surface area is 141 Å². The fourth-order valence-corrected chi connectivity index (χ4v) is 3.39. The summed E-state index contributed by atoms with van der Waals surface area (Å²) in [4.78, 5) is 11.2. The largest absolute Gasteiger partial charge is 0.278 e. The van der Waals surface area contributed by atoms with Crippen molar-refractivity contribution in [3.05, 3.63) is 68.0 Å². The Morgan fingerprint density at radius 2 is 2.00 bits per heavy atom. The fraction of sp³-hybridized carbons (Fsp3) is 0.0625. The molecule has 5 nitrogen and oxygen atoms in total. The van der Waals surface area contributed by atoms with Gasteiger partial charge in [0.15, 0.2) is 0 Å². The predicted molar refractivity (Wildman–Crippen MR) is 95.9 cm³/mol. The van der Waals surface area contributed by atoms with Crippen molar-refractivity contribution < 1.29 is 4.92 Å². The third-order valence-electron chi connectivity index (χ3n) is 3.39. The molecule has 1 heterocycles. The lowest BCUT2D eigenvalue weighted by atomic mass is 10.1. The van der Waals surface area contributed by atoms with Crippen LogP contribution in [0.15, 0.2) is 47.6 Å². The molecule has 0 aliphatic carbocycles. The van der Waals surface area contributed by atoms with E-state index >= 15 is 0 Å². The van der Waals surface area contributed by atoms with Gasteiger partial charge in [-0.05, 0) is 48.2 Å². The van der Waals surface area contributed by atoms with Gasteiger partial charge in [-0.15, -0.1) is 11.3 Å². The van der Waals surface area contributed by atoms with Crippen molar-refractivity contribution in [3.8, 4) is 0 Å². The molecule has 7 heteroatoms. The number of anilines is 1. The summed E-state index contributed by atoms with van der Waals surface area (Å²) in [7, 11) is 0. The maximum Gasteiger partial charge on any atom is 0.269 e. The fourth-order valence-electron chi connectivity index (χ4n) is 2.16. The quantitative estimate of drug-likeness (QED) is 0.400. The Hall–Kier alpha value is -2.44. The Morgan fingerprint density at radius 1 is 1.26 bits per heavy atom. The van der Waals surface area contributed by atoms with Crippen molar-refractivity contribution in [3.63, 3.8) is 0 Å². The molecule has 0 spiro atoms. The van der Waals surface area contributed by atoms with E-state index in [4.69, 9.17) is 11.6 Å². The van der Waals surface area contributed by atoms with E-state index in [2.05, 4.69) is 10.5 Å². The average Bonchev–Trinajstić information content (AvgIpc) is 2.84. The molecule has 0 bridgehead atoms. The topological polar surface area (TPSA) is 67.5 Å². The van der Waals surface area contributed by atoms with Crippen molar-refractivity contribution in [2.45, 2.75) is 6.92 Å². The molecule has 116 valence electrons. The Kier molecular flexibility index (Phi) is 4.27. The van der Waals surface area contributed by atoms with Gasteiger partial charge in [0.05, 0.1) is 21.7 Å². The second-order valence-corrected chi connectivity index (χ2v) is 6.43. The molecule has 1 N–H and O–H groups in total. The van der Waals surface area contributed by atoms with Crippen LogP contribution in [0.4, 0.5) is 11.4 Å². The lowest BCUT2D eigenvalue weighted by molar-refractivity contribution is -0.384. The molecule has 23 heavy (non-hydrogen) atoms. The molecule has 0 radical (unpaired) electrons. The number of nitro groups is 1. The van der Waals surface area contributed by atoms with Crippen LogP contribution in [0.2, 0.25) is 5.02 Å². The van der Waals surface area contributed by atoms with Gasteiger partial charge in [0, 0.05) is 21.9 Å². The average molecular weight is 346 g/mol. The molecule has 2 aromatic carbocycles. The number of thiophene rings is 1. The molecule has 3 rings (SSSR count). The van der Waals surface area contributed by atoms with Crippen LogP contribution in [0.1, 0.15) is 10.4 Å². The molecule has 0 aliphatic heterocycles. The van der Waals surface area contributed by atoms with Gasteiger partial charge in [-0.25, -0.2) is 0 Å². The highest BCUT2D eigenvalue weighted by Crippen LogP contribution is 2.31. The second-order valence-electron chi connectivity index (χ2n) is 4.91. The van der Waals surface area contributed by atoms with E-state index in [1.807, 2.05) is 25.1 Å². The summed E-state index contributed by atoms with van der Waals surface area (Å²) in [5.74, 6) is 0. The number of nitro benzene ring substituents is 1. The SMILES string of the molecule is Cc1c(/C=N\Nc2ccc([N+](=O)[O-])cc2)sc2ccc(Cl)cc12. The van der Waals surface area contributed by atoms with Crippen molar-refractivity contribution in [1.82, 2.24) is 0 Å².